The fourth-order valence-electron chi connectivity index (χ4n) is 2.40. The van der Waals surface area contributed by atoms with E-state index >= 15 is 0 Å². The van der Waals surface area contributed by atoms with Gasteiger partial charge >= 0.3 is 6.03 Å². The molecule has 0 bridgehead atoms. The van der Waals surface area contributed by atoms with Crippen LogP contribution in [0.4, 0.5) is 4.79 Å². The van der Waals surface area contributed by atoms with Crippen LogP contribution < -0.4 is 5.32 Å². The van der Waals surface area contributed by atoms with E-state index in [0.717, 1.165) is 13.1 Å². The average molecular weight is 241 g/mol. The summed E-state index contributed by atoms with van der Waals surface area (Å²) in [5.74, 6) is -0.124. The molecule has 2 aliphatic rings. The van der Waals surface area contributed by atoms with Gasteiger partial charge in [-0.3, -0.25) is 14.6 Å². The molecule has 0 unspecified atom stereocenters. The van der Waals surface area contributed by atoms with Gasteiger partial charge in [-0.25, -0.2) is 4.79 Å². The maximum Gasteiger partial charge on any atom is 0.324 e. The number of imide groups is 1. The minimum Gasteiger partial charge on any atom is -0.373 e. The Bertz CT molecular complexity index is 311. The van der Waals surface area contributed by atoms with Crippen LogP contribution >= 0.6 is 0 Å². The third-order valence-electron chi connectivity index (χ3n) is 3.01. The van der Waals surface area contributed by atoms with Crippen molar-refractivity contribution >= 4 is 11.9 Å². The summed E-state index contributed by atoms with van der Waals surface area (Å²) < 4.78 is 5.60. The molecule has 2 saturated heterocycles. The fraction of sp³-hybridized carbons (Fsp3) is 0.818. The van der Waals surface area contributed by atoms with Gasteiger partial charge in [0, 0.05) is 26.2 Å². The highest BCUT2D eigenvalue weighted by Crippen LogP contribution is 2.11. The van der Waals surface area contributed by atoms with Crippen molar-refractivity contribution < 1.29 is 14.3 Å². The number of carbonyl (C=O) groups is 2. The standard InChI is InChI=1S/C11H19N3O3/c1-8-5-13(6-9(2)17-8)7-10(15)14-4-3-12-11(14)16/h8-9H,3-7H2,1-2H3,(H,12,16)/t8-,9-/m1/s1. The van der Waals surface area contributed by atoms with Gasteiger partial charge in [-0.15, -0.1) is 0 Å². The number of amides is 3. The third-order valence-corrected chi connectivity index (χ3v) is 3.01. The van der Waals surface area contributed by atoms with Crippen molar-refractivity contribution in [2.24, 2.45) is 0 Å². The molecule has 6 nitrogen and oxygen atoms in total. The van der Waals surface area contributed by atoms with E-state index in [-0.39, 0.29) is 24.1 Å². The first-order chi connectivity index (χ1) is 8.06. The van der Waals surface area contributed by atoms with E-state index in [1.807, 2.05) is 18.7 Å². The zero-order valence-electron chi connectivity index (χ0n) is 10.3. The summed E-state index contributed by atoms with van der Waals surface area (Å²) in [6, 6.07) is -0.274. The molecule has 6 heteroatoms. The molecule has 2 heterocycles. The Balaban J connectivity index is 1.87. The molecule has 0 saturated carbocycles. The number of carbonyl (C=O) groups excluding carboxylic acids is 2. The summed E-state index contributed by atoms with van der Waals surface area (Å²) in [4.78, 5) is 26.6. The number of hydrogen-bond donors (Lipinski definition) is 1. The lowest BCUT2D eigenvalue weighted by Crippen LogP contribution is -2.50. The molecule has 2 aliphatic heterocycles. The molecular formula is C11H19N3O3. The lowest BCUT2D eigenvalue weighted by atomic mass is 10.2. The molecule has 0 radical (unpaired) electrons. The van der Waals surface area contributed by atoms with Crippen LogP contribution in [-0.2, 0) is 9.53 Å². The highest BCUT2D eigenvalue weighted by atomic mass is 16.5. The van der Waals surface area contributed by atoms with E-state index in [2.05, 4.69) is 5.32 Å². The van der Waals surface area contributed by atoms with Crippen LogP contribution in [0.3, 0.4) is 0 Å². The van der Waals surface area contributed by atoms with Crippen molar-refractivity contribution in [2.75, 3.05) is 32.7 Å². The molecule has 2 fully saturated rings. The monoisotopic (exact) mass is 241 g/mol. The van der Waals surface area contributed by atoms with Gasteiger partial charge in [0.25, 0.3) is 0 Å². The quantitative estimate of drug-likeness (QED) is 0.717. The van der Waals surface area contributed by atoms with Crippen LogP contribution in [0.5, 0.6) is 0 Å². The highest BCUT2D eigenvalue weighted by Gasteiger charge is 2.29. The minimum absolute atomic E-state index is 0.124. The number of nitrogens with one attached hydrogen (secondary N) is 1. The Labute approximate surface area is 101 Å². The van der Waals surface area contributed by atoms with E-state index in [1.54, 1.807) is 0 Å². The number of morpholine rings is 1. The molecule has 0 aliphatic carbocycles. The molecule has 96 valence electrons. The smallest absolute Gasteiger partial charge is 0.324 e. The highest BCUT2D eigenvalue weighted by molar-refractivity contribution is 5.96. The van der Waals surface area contributed by atoms with E-state index in [1.165, 1.54) is 4.90 Å². The lowest BCUT2D eigenvalue weighted by Gasteiger charge is -2.35. The molecule has 17 heavy (non-hydrogen) atoms. The molecule has 0 aromatic heterocycles. The molecule has 0 aromatic rings. The van der Waals surface area contributed by atoms with Gasteiger partial charge in [0.1, 0.15) is 0 Å². The van der Waals surface area contributed by atoms with Crippen LogP contribution in [0, 0.1) is 0 Å². The summed E-state index contributed by atoms with van der Waals surface area (Å²) >= 11 is 0. The van der Waals surface area contributed by atoms with Crippen LogP contribution in [0.2, 0.25) is 0 Å². The van der Waals surface area contributed by atoms with E-state index in [9.17, 15) is 9.59 Å². The number of rotatable bonds is 2. The fourth-order valence-corrected chi connectivity index (χ4v) is 2.40. The Kier molecular flexibility index (Phi) is 3.63. The SMILES string of the molecule is C[C@@H]1CN(CC(=O)N2CCNC2=O)C[C@@H](C)O1. The Hall–Kier alpha value is -1.14. The van der Waals surface area contributed by atoms with E-state index < -0.39 is 0 Å². The van der Waals surface area contributed by atoms with Crippen molar-refractivity contribution in [1.29, 1.82) is 0 Å². The molecule has 1 N–H and O–H groups in total. The number of nitrogens with zero attached hydrogens (tertiary/aromatic N) is 2. The first kappa shape index (κ1) is 12.3. The summed E-state index contributed by atoms with van der Waals surface area (Å²) in [5.41, 5.74) is 0. The van der Waals surface area contributed by atoms with Crippen LogP contribution in [0.1, 0.15) is 13.8 Å². The van der Waals surface area contributed by atoms with Crippen LogP contribution in [0.15, 0.2) is 0 Å². The molecule has 2 atom stereocenters. The maximum atomic E-state index is 11.9. The van der Waals surface area contributed by atoms with E-state index in [0.29, 0.717) is 19.6 Å². The normalized spacial score (nSPS) is 30.5. The Morgan fingerprint density at radius 2 is 2.06 bits per heavy atom. The number of hydrogen-bond acceptors (Lipinski definition) is 4. The van der Waals surface area contributed by atoms with Crippen molar-refractivity contribution in [3.05, 3.63) is 0 Å². The van der Waals surface area contributed by atoms with Gasteiger partial charge in [-0.1, -0.05) is 0 Å². The third kappa shape index (κ3) is 2.95. The Morgan fingerprint density at radius 3 is 2.59 bits per heavy atom. The lowest BCUT2D eigenvalue weighted by molar-refractivity contribution is -0.132. The van der Waals surface area contributed by atoms with Gasteiger partial charge in [-0.2, -0.15) is 0 Å². The summed E-state index contributed by atoms with van der Waals surface area (Å²) in [6.07, 6.45) is 0.276. The van der Waals surface area contributed by atoms with Gasteiger partial charge < -0.3 is 10.1 Å². The topological polar surface area (TPSA) is 61.9 Å². The first-order valence-electron chi connectivity index (χ1n) is 6.02. The first-order valence-corrected chi connectivity index (χ1v) is 6.02. The summed E-state index contributed by atoms with van der Waals surface area (Å²) in [7, 11) is 0. The van der Waals surface area contributed by atoms with Crippen molar-refractivity contribution in [1.82, 2.24) is 15.1 Å². The van der Waals surface area contributed by atoms with Gasteiger partial charge in [0.15, 0.2) is 0 Å². The van der Waals surface area contributed by atoms with Crippen molar-refractivity contribution in [3.63, 3.8) is 0 Å². The second-order valence-corrected chi connectivity index (χ2v) is 4.73. The number of urea groups is 1. The molecule has 0 spiro atoms. The van der Waals surface area contributed by atoms with Crippen LogP contribution in [-0.4, -0.2) is 66.7 Å². The molecule has 3 amide bonds. The Morgan fingerprint density at radius 1 is 1.41 bits per heavy atom. The zero-order valence-corrected chi connectivity index (χ0v) is 10.3. The summed E-state index contributed by atoms with van der Waals surface area (Å²) in [6.45, 7) is 6.81. The second-order valence-electron chi connectivity index (χ2n) is 4.73. The second kappa shape index (κ2) is 5.01. The minimum atomic E-state index is -0.274. The van der Waals surface area contributed by atoms with Crippen molar-refractivity contribution in [3.8, 4) is 0 Å². The summed E-state index contributed by atoms with van der Waals surface area (Å²) in [5, 5.41) is 2.63. The van der Waals surface area contributed by atoms with Gasteiger partial charge in [0.05, 0.1) is 18.8 Å². The molecule has 2 rings (SSSR count). The maximum absolute atomic E-state index is 11.9. The molecule has 0 aromatic carbocycles. The zero-order chi connectivity index (χ0) is 12.4. The van der Waals surface area contributed by atoms with E-state index in [4.69, 9.17) is 4.74 Å². The van der Waals surface area contributed by atoms with Gasteiger partial charge in [0.2, 0.25) is 5.91 Å². The predicted molar refractivity (Wildman–Crippen MR) is 61.6 cm³/mol. The molecular weight excluding hydrogens is 222 g/mol. The largest absolute Gasteiger partial charge is 0.373 e. The number of ether oxygens (including phenoxy) is 1. The predicted octanol–water partition coefficient (Wildman–Crippen LogP) is -0.353. The van der Waals surface area contributed by atoms with Crippen LogP contribution in [0.25, 0.3) is 0 Å². The van der Waals surface area contributed by atoms with Crippen molar-refractivity contribution in [2.45, 2.75) is 26.1 Å². The average Bonchev–Trinajstić information content (AvgIpc) is 2.62. The van der Waals surface area contributed by atoms with Gasteiger partial charge in [-0.05, 0) is 13.8 Å².